The SMILES string of the molecule is COc1ccc(NS(=O)(=O)c2cc(NC(=O)CCCNC(=O)c3ccsc3)ccc2C)cc1. The first-order valence-corrected chi connectivity index (χ1v) is 12.6. The van der Waals surface area contributed by atoms with E-state index in [1.807, 2.05) is 5.38 Å². The van der Waals surface area contributed by atoms with E-state index in [1.54, 1.807) is 54.8 Å². The molecule has 3 aromatic rings. The molecule has 2 aromatic carbocycles. The van der Waals surface area contributed by atoms with Crippen LogP contribution in [-0.2, 0) is 14.8 Å². The fourth-order valence-electron chi connectivity index (χ4n) is 3.01. The fourth-order valence-corrected chi connectivity index (χ4v) is 4.97. The molecule has 10 heteroatoms. The number of ether oxygens (including phenoxy) is 1. The van der Waals surface area contributed by atoms with Crippen LogP contribution in [0.1, 0.15) is 28.8 Å². The van der Waals surface area contributed by atoms with Crippen molar-refractivity contribution in [2.75, 3.05) is 23.7 Å². The maximum absolute atomic E-state index is 12.9. The first-order chi connectivity index (χ1) is 15.8. The molecule has 0 aliphatic heterocycles. The summed E-state index contributed by atoms with van der Waals surface area (Å²) in [6, 6.07) is 13.0. The summed E-state index contributed by atoms with van der Waals surface area (Å²) in [6.45, 7) is 2.05. The number of anilines is 2. The van der Waals surface area contributed by atoms with Gasteiger partial charge in [0.05, 0.1) is 12.0 Å². The molecule has 0 fully saturated rings. The minimum Gasteiger partial charge on any atom is -0.497 e. The monoisotopic (exact) mass is 487 g/mol. The summed E-state index contributed by atoms with van der Waals surface area (Å²) in [6.07, 6.45) is 0.641. The van der Waals surface area contributed by atoms with E-state index >= 15 is 0 Å². The number of hydrogen-bond donors (Lipinski definition) is 3. The molecule has 8 nitrogen and oxygen atoms in total. The molecule has 3 N–H and O–H groups in total. The topological polar surface area (TPSA) is 114 Å². The average Bonchev–Trinajstić information content (AvgIpc) is 3.33. The normalized spacial score (nSPS) is 11.0. The maximum atomic E-state index is 12.9. The third kappa shape index (κ3) is 6.80. The van der Waals surface area contributed by atoms with Crippen LogP contribution in [0.4, 0.5) is 11.4 Å². The number of carbonyl (C=O) groups excluding carboxylic acids is 2. The number of aryl methyl sites for hydroxylation is 1. The van der Waals surface area contributed by atoms with Gasteiger partial charge in [-0.2, -0.15) is 11.3 Å². The standard InChI is InChI=1S/C23H25N3O5S2/c1-16-5-6-19(25-22(27)4-3-12-24-23(28)17-11-13-32-15-17)14-21(16)33(29,30)26-18-7-9-20(31-2)10-8-18/h5-11,13-15,26H,3-4,12H2,1-2H3,(H,24,28)(H,25,27). The number of nitrogens with one attached hydrogen (secondary N) is 3. The highest BCUT2D eigenvalue weighted by Gasteiger charge is 2.18. The molecular weight excluding hydrogens is 462 g/mol. The second kappa shape index (κ2) is 11.0. The number of benzene rings is 2. The lowest BCUT2D eigenvalue weighted by molar-refractivity contribution is -0.116. The van der Waals surface area contributed by atoms with Gasteiger partial charge in [0.2, 0.25) is 5.91 Å². The van der Waals surface area contributed by atoms with Crippen molar-refractivity contribution in [1.82, 2.24) is 5.32 Å². The van der Waals surface area contributed by atoms with Crippen molar-refractivity contribution in [1.29, 1.82) is 0 Å². The highest BCUT2D eigenvalue weighted by atomic mass is 32.2. The lowest BCUT2D eigenvalue weighted by Crippen LogP contribution is -2.25. The van der Waals surface area contributed by atoms with Gasteiger partial charge in [-0.25, -0.2) is 8.42 Å². The Bertz CT molecular complexity index is 1210. The molecule has 33 heavy (non-hydrogen) atoms. The van der Waals surface area contributed by atoms with Crippen molar-refractivity contribution in [3.63, 3.8) is 0 Å². The van der Waals surface area contributed by atoms with Crippen LogP contribution in [0.15, 0.2) is 64.2 Å². The van der Waals surface area contributed by atoms with Crippen molar-refractivity contribution in [2.45, 2.75) is 24.7 Å². The first-order valence-electron chi connectivity index (χ1n) is 10.2. The third-order valence-electron chi connectivity index (χ3n) is 4.75. The smallest absolute Gasteiger partial charge is 0.262 e. The Balaban J connectivity index is 1.57. The molecule has 1 heterocycles. The van der Waals surface area contributed by atoms with Crippen molar-refractivity contribution in [2.24, 2.45) is 0 Å². The van der Waals surface area contributed by atoms with Crippen LogP contribution in [0.25, 0.3) is 0 Å². The fraction of sp³-hybridized carbons (Fsp3) is 0.217. The Morgan fingerprint density at radius 3 is 2.42 bits per heavy atom. The zero-order chi connectivity index (χ0) is 23.8. The van der Waals surface area contributed by atoms with E-state index in [9.17, 15) is 18.0 Å². The highest BCUT2D eigenvalue weighted by molar-refractivity contribution is 7.92. The molecule has 0 bridgehead atoms. The lowest BCUT2D eigenvalue weighted by atomic mass is 10.2. The Hall–Kier alpha value is -3.37. The predicted octanol–water partition coefficient (Wildman–Crippen LogP) is 4.01. The molecule has 0 aliphatic carbocycles. The number of methoxy groups -OCH3 is 1. The molecule has 1 aromatic heterocycles. The summed E-state index contributed by atoms with van der Waals surface area (Å²) in [7, 11) is -2.33. The van der Waals surface area contributed by atoms with Gasteiger partial charge in [-0.3, -0.25) is 14.3 Å². The van der Waals surface area contributed by atoms with Gasteiger partial charge in [0.15, 0.2) is 0 Å². The van der Waals surface area contributed by atoms with E-state index in [0.717, 1.165) is 0 Å². The molecule has 174 valence electrons. The largest absolute Gasteiger partial charge is 0.497 e. The zero-order valence-corrected chi connectivity index (χ0v) is 19.9. The molecular formula is C23H25N3O5S2. The number of amides is 2. The van der Waals surface area contributed by atoms with Gasteiger partial charge in [0.25, 0.3) is 15.9 Å². The van der Waals surface area contributed by atoms with Crippen LogP contribution in [0.3, 0.4) is 0 Å². The number of rotatable bonds is 10. The molecule has 2 amide bonds. The van der Waals surface area contributed by atoms with Crippen molar-refractivity contribution in [3.8, 4) is 5.75 Å². The van der Waals surface area contributed by atoms with E-state index < -0.39 is 10.0 Å². The summed E-state index contributed by atoms with van der Waals surface area (Å²) in [5, 5.41) is 9.06. The summed E-state index contributed by atoms with van der Waals surface area (Å²) >= 11 is 1.44. The number of thiophene rings is 1. The molecule has 0 unspecified atom stereocenters. The molecule has 0 saturated carbocycles. The molecule has 0 saturated heterocycles. The second-order valence-electron chi connectivity index (χ2n) is 7.23. The number of sulfonamides is 1. The number of carbonyl (C=O) groups is 2. The molecule has 0 spiro atoms. The molecule has 3 rings (SSSR count). The molecule has 0 radical (unpaired) electrons. The number of hydrogen-bond acceptors (Lipinski definition) is 6. The average molecular weight is 488 g/mol. The van der Waals surface area contributed by atoms with Gasteiger partial charge in [-0.15, -0.1) is 0 Å². The van der Waals surface area contributed by atoms with Crippen LogP contribution in [0.2, 0.25) is 0 Å². The Morgan fingerprint density at radius 2 is 1.76 bits per heavy atom. The van der Waals surface area contributed by atoms with Gasteiger partial charge in [-0.1, -0.05) is 6.07 Å². The first kappa shape index (κ1) is 24.3. The zero-order valence-electron chi connectivity index (χ0n) is 18.3. The summed E-state index contributed by atoms with van der Waals surface area (Å²) < 4.78 is 33.4. The quantitative estimate of drug-likeness (QED) is 0.374. The van der Waals surface area contributed by atoms with E-state index in [-0.39, 0.29) is 23.1 Å². The van der Waals surface area contributed by atoms with Gasteiger partial charge in [0.1, 0.15) is 5.75 Å². The Labute approximate surface area is 197 Å². The summed E-state index contributed by atoms with van der Waals surface area (Å²) in [5.41, 5.74) is 1.92. The third-order valence-corrected chi connectivity index (χ3v) is 6.96. The second-order valence-corrected chi connectivity index (χ2v) is 9.66. The lowest BCUT2D eigenvalue weighted by Gasteiger charge is -2.13. The summed E-state index contributed by atoms with van der Waals surface area (Å²) in [4.78, 5) is 24.2. The van der Waals surface area contributed by atoms with Gasteiger partial charge in [-0.05, 0) is 66.8 Å². The summed E-state index contributed by atoms with van der Waals surface area (Å²) in [5.74, 6) is 0.175. The van der Waals surface area contributed by atoms with Gasteiger partial charge < -0.3 is 15.4 Å². The van der Waals surface area contributed by atoms with E-state index in [0.29, 0.717) is 41.2 Å². The Kier molecular flexibility index (Phi) is 8.07. The predicted molar refractivity (Wildman–Crippen MR) is 129 cm³/mol. The van der Waals surface area contributed by atoms with Crippen LogP contribution in [-0.4, -0.2) is 33.9 Å². The maximum Gasteiger partial charge on any atom is 0.262 e. The Morgan fingerprint density at radius 1 is 1.03 bits per heavy atom. The molecule has 0 atom stereocenters. The van der Waals surface area contributed by atoms with E-state index in [4.69, 9.17) is 4.74 Å². The van der Waals surface area contributed by atoms with Gasteiger partial charge in [0, 0.05) is 35.3 Å². The molecule has 0 aliphatic rings. The van der Waals surface area contributed by atoms with Crippen molar-refractivity contribution in [3.05, 3.63) is 70.4 Å². The minimum atomic E-state index is -3.86. The highest BCUT2D eigenvalue weighted by Crippen LogP contribution is 2.24. The van der Waals surface area contributed by atoms with E-state index in [1.165, 1.54) is 24.5 Å². The van der Waals surface area contributed by atoms with Crippen LogP contribution in [0.5, 0.6) is 5.75 Å². The van der Waals surface area contributed by atoms with Gasteiger partial charge >= 0.3 is 0 Å². The van der Waals surface area contributed by atoms with E-state index in [2.05, 4.69) is 15.4 Å². The minimum absolute atomic E-state index is 0.0687. The van der Waals surface area contributed by atoms with Crippen LogP contribution < -0.4 is 20.1 Å². The van der Waals surface area contributed by atoms with Crippen LogP contribution in [0, 0.1) is 6.92 Å². The van der Waals surface area contributed by atoms with Crippen molar-refractivity contribution >= 4 is 44.5 Å². The van der Waals surface area contributed by atoms with Crippen molar-refractivity contribution < 1.29 is 22.7 Å². The van der Waals surface area contributed by atoms with Crippen LogP contribution >= 0.6 is 11.3 Å².